The Hall–Kier alpha value is -3.71. The number of pyridine rings is 1. The van der Waals surface area contributed by atoms with Crippen LogP contribution in [0.4, 0.5) is 0 Å². The van der Waals surface area contributed by atoms with Gasteiger partial charge in [-0.25, -0.2) is 0 Å². The van der Waals surface area contributed by atoms with E-state index in [0.29, 0.717) is 0 Å². The molecule has 1 heteroatoms. The Bertz CT molecular complexity index is 1360. The van der Waals surface area contributed by atoms with Crippen molar-refractivity contribution in [2.45, 2.75) is 6.92 Å². The normalized spacial score (nSPS) is 12.0. The van der Waals surface area contributed by atoms with Crippen LogP contribution in [0, 0.1) is 0 Å². The molecule has 138 valence electrons. The Labute approximate surface area is 170 Å². The Morgan fingerprint density at radius 1 is 0.690 bits per heavy atom. The first-order chi connectivity index (χ1) is 14.2. The van der Waals surface area contributed by atoms with Crippen molar-refractivity contribution < 1.29 is 0 Å². The van der Waals surface area contributed by atoms with Crippen molar-refractivity contribution in [3.8, 4) is 0 Å². The maximum absolute atomic E-state index is 4.47. The zero-order valence-corrected chi connectivity index (χ0v) is 16.4. The summed E-state index contributed by atoms with van der Waals surface area (Å²) in [6, 6.07) is 29.8. The first-order valence-electron chi connectivity index (χ1n) is 9.85. The fourth-order valence-electron chi connectivity index (χ4n) is 4.23. The van der Waals surface area contributed by atoms with Crippen LogP contribution in [0.2, 0.25) is 0 Å². The van der Waals surface area contributed by atoms with E-state index in [-0.39, 0.29) is 0 Å². The first-order valence-corrected chi connectivity index (χ1v) is 9.85. The van der Waals surface area contributed by atoms with Gasteiger partial charge in [-0.1, -0.05) is 79.4 Å². The van der Waals surface area contributed by atoms with Gasteiger partial charge in [-0.2, -0.15) is 0 Å². The molecule has 5 aromatic rings. The minimum absolute atomic E-state index is 0.976. The molecule has 0 N–H and O–H groups in total. The molecule has 0 saturated heterocycles. The minimum atomic E-state index is 0.976. The van der Waals surface area contributed by atoms with E-state index in [1.165, 1.54) is 37.9 Å². The van der Waals surface area contributed by atoms with Gasteiger partial charge in [-0.15, -0.1) is 0 Å². The summed E-state index contributed by atoms with van der Waals surface area (Å²) >= 11 is 0. The predicted octanol–water partition coefficient (Wildman–Crippen LogP) is 7.66. The van der Waals surface area contributed by atoms with Gasteiger partial charge >= 0.3 is 0 Å². The summed E-state index contributed by atoms with van der Waals surface area (Å²) < 4.78 is 0. The average Bonchev–Trinajstić information content (AvgIpc) is 2.79. The van der Waals surface area contributed by atoms with Gasteiger partial charge < -0.3 is 0 Å². The second-order valence-electron chi connectivity index (χ2n) is 7.39. The number of nitrogens with zero attached hydrogens (tertiary/aromatic N) is 1. The van der Waals surface area contributed by atoms with Gasteiger partial charge in [0.1, 0.15) is 0 Å². The fraction of sp³-hybridized carbons (Fsp3) is 0.0357. The topological polar surface area (TPSA) is 12.9 Å². The van der Waals surface area contributed by atoms with Crippen molar-refractivity contribution in [3.05, 3.63) is 115 Å². The molecule has 0 aliphatic heterocycles. The van der Waals surface area contributed by atoms with Crippen LogP contribution in [0.3, 0.4) is 0 Å². The summed E-state index contributed by atoms with van der Waals surface area (Å²) in [5, 5.41) is 7.64. The van der Waals surface area contributed by atoms with E-state index in [9.17, 15) is 0 Å². The first kappa shape index (κ1) is 17.4. The number of allylic oxidation sites excluding steroid dienone is 3. The zero-order chi connectivity index (χ0) is 19.8. The molecule has 29 heavy (non-hydrogen) atoms. The lowest BCUT2D eigenvalue weighted by Gasteiger charge is -2.14. The quantitative estimate of drug-likeness (QED) is 0.234. The van der Waals surface area contributed by atoms with Crippen molar-refractivity contribution in [3.63, 3.8) is 0 Å². The number of fused-ring (bicyclic) bond motifs is 6. The highest BCUT2D eigenvalue weighted by Crippen LogP contribution is 2.38. The average molecular weight is 371 g/mol. The molecular formula is C28H21N. The van der Waals surface area contributed by atoms with Crippen LogP contribution in [-0.2, 0) is 0 Å². The summed E-state index contributed by atoms with van der Waals surface area (Å²) in [7, 11) is 0. The summed E-state index contributed by atoms with van der Waals surface area (Å²) in [6.07, 6.45) is 3.97. The molecule has 0 aliphatic rings. The highest BCUT2D eigenvalue weighted by molar-refractivity contribution is 6.27. The van der Waals surface area contributed by atoms with E-state index in [2.05, 4.69) is 91.3 Å². The van der Waals surface area contributed by atoms with Crippen LogP contribution in [0.1, 0.15) is 18.2 Å². The monoisotopic (exact) mass is 371 g/mol. The Morgan fingerprint density at radius 3 is 1.86 bits per heavy atom. The molecule has 0 saturated carbocycles. The van der Waals surface area contributed by atoms with Gasteiger partial charge in [0.15, 0.2) is 0 Å². The minimum Gasteiger partial charge on any atom is -0.257 e. The summed E-state index contributed by atoms with van der Waals surface area (Å²) in [5.41, 5.74) is 4.25. The van der Waals surface area contributed by atoms with Crippen LogP contribution in [0.15, 0.2) is 104 Å². The van der Waals surface area contributed by atoms with Crippen molar-refractivity contribution in [1.29, 1.82) is 0 Å². The largest absolute Gasteiger partial charge is 0.257 e. The second-order valence-corrected chi connectivity index (χ2v) is 7.39. The van der Waals surface area contributed by atoms with Crippen LogP contribution in [-0.4, -0.2) is 4.98 Å². The molecule has 0 atom stereocenters. The molecular weight excluding hydrogens is 350 g/mol. The molecule has 5 rings (SSSR count). The smallest absolute Gasteiger partial charge is 0.0658 e. The van der Waals surface area contributed by atoms with E-state index >= 15 is 0 Å². The van der Waals surface area contributed by atoms with Crippen LogP contribution < -0.4 is 0 Å². The third-order valence-corrected chi connectivity index (χ3v) is 5.57. The number of rotatable bonds is 3. The highest BCUT2D eigenvalue weighted by atomic mass is 14.7. The SMILES string of the molecule is C=C(/C=C(\C)c1ccccn1)c1cccc2c3ccccc3c3ccccc3c12. The Kier molecular flexibility index (Phi) is 4.22. The number of hydrogen-bond acceptors (Lipinski definition) is 1. The second kappa shape index (κ2) is 7.03. The maximum Gasteiger partial charge on any atom is 0.0658 e. The van der Waals surface area contributed by atoms with E-state index in [0.717, 1.165) is 16.8 Å². The Morgan fingerprint density at radius 2 is 1.24 bits per heavy atom. The molecule has 1 heterocycles. The lowest BCUT2D eigenvalue weighted by atomic mass is 9.89. The molecule has 1 nitrogen and oxygen atoms in total. The molecule has 0 aliphatic carbocycles. The molecule has 0 spiro atoms. The standard InChI is InChI=1S/C28H21N/c1-19(18-20(2)27-16-7-8-17-29-27)21-14-9-15-26-24-11-4-3-10-22(24)23-12-5-6-13-25(23)28(21)26/h3-18H,1H2,2H3/b20-18+. The van der Waals surface area contributed by atoms with E-state index < -0.39 is 0 Å². The van der Waals surface area contributed by atoms with Crippen LogP contribution in [0.5, 0.6) is 0 Å². The highest BCUT2D eigenvalue weighted by Gasteiger charge is 2.12. The van der Waals surface area contributed by atoms with Gasteiger partial charge in [0, 0.05) is 6.20 Å². The summed E-state index contributed by atoms with van der Waals surface area (Å²) in [5.74, 6) is 0. The third kappa shape index (κ3) is 2.92. The van der Waals surface area contributed by atoms with Gasteiger partial charge in [0.05, 0.1) is 5.69 Å². The Balaban J connectivity index is 1.81. The van der Waals surface area contributed by atoms with Crippen molar-refractivity contribution in [2.24, 2.45) is 0 Å². The molecule has 0 unspecified atom stereocenters. The molecule has 0 fully saturated rings. The van der Waals surface area contributed by atoms with Crippen molar-refractivity contribution in [1.82, 2.24) is 4.98 Å². The number of benzene rings is 4. The van der Waals surface area contributed by atoms with Gasteiger partial charge in [0.2, 0.25) is 0 Å². The summed E-state index contributed by atoms with van der Waals surface area (Å²) in [4.78, 5) is 4.47. The van der Waals surface area contributed by atoms with Gasteiger partial charge in [0.25, 0.3) is 0 Å². The van der Waals surface area contributed by atoms with Gasteiger partial charge in [-0.3, -0.25) is 4.98 Å². The maximum atomic E-state index is 4.47. The third-order valence-electron chi connectivity index (χ3n) is 5.57. The van der Waals surface area contributed by atoms with Gasteiger partial charge in [-0.05, 0) is 74.2 Å². The van der Waals surface area contributed by atoms with E-state index in [1.54, 1.807) is 0 Å². The van der Waals surface area contributed by atoms with E-state index in [1.807, 2.05) is 24.4 Å². The molecule has 0 amide bonds. The lowest BCUT2D eigenvalue weighted by Crippen LogP contribution is -1.90. The van der Waals surface area contributed by atoms with Crippen molar-refractivity contribution in [2.75, 3.05) is 0 Å². The number of aromatic nitrogens is 1. The number of hydrogen-bond donors (Lipinski definition) is 0. The van der Waals surface area contributed by atoms with E-state index in [4.69, 9.17) is 0 Å². The van der Waals surface area contributed by atoms with Crippen LogP contribution >= 0.6 is 0 Å². The zero-order valence-electron chi connectivity index (χ0n) is 16.4. The molecule has 4 aromatic carbocycles. The lowest BCUT2D eigenvalue weighted by molar-refractivity contribution is 1.27. The molecule has 1 aromatic heterocycles. The predicted molar refractivity (Wildman–Crippen MR) is 126 cm³/mol. The fourth-order valence-corrected chi connectivity index (χ4v) is 4.23. The van der Waals surface area contributed by atoms with Crippen LogP contribution in [0.25, 0.3) is 43.5 Å². The molecule has 0 radical (unpaired) electrons. The summed E-state index contributed by atoms with van der Waals surface area (Å²) in [6.45, 7) is 6.51. The molecule has 0 bridgehead atoms. The van der Waals surface area contributed by atoms with Crippen molar-refractivity contribution >= 4 is 43.5 Å².